The van der Waals surface area contributed by atoms with Gasteiger partial charge in [-0.15, -0.1) is 0 Å². The van der Waals surface area contributed by atoms with Crippen LogP contribution in [-0.4, -0.2) is 46.7 Å². The maximum absolute atomic E-state index is 12.7. The number of hydrogen-bond donors (Lipinski definition) is 2. The van der Waals surface area contributed by atoms with E-state index in [9.17, 15) is 4.79 Å². The highest BCUT2D eigenvalue weighted by Gasteiger charge is 2.35. The normalized spacial score (nSPS) is 19.2. The largest absolute Gasteiger partial charge is 0.488 e. The Hall–Kier alpha value is -2.54. The van der Waals surface area contributed by atoms with Crippen molar-refractivity contribution in [3.63, 3.8) is 0 Å². The summed E-state index contributed by atoms with van der Waals surface area (Å²) in [4.78, 5) is 19.5. The number of ether oxygens (including phenoxy) is 1. The number of nitrogens with one attached hydrogen (secondary N) is 2. The minimum atomic E-state index is -0.223. The van der Waals surface area contributed by atoms with E-state index in [1.165, 1.54) is 0 Å². The van der Waals surface area contributed by atoms with Crippen molar-refractivity contribution in [1.29, 1.82) is 0 Å². The van der Waals surface area contributed by atoms with Gasteiger partial charge in [0.05, 0.1) is 11.7 Å². The molecule has 7 nitrogen and oxygen atoms in total. The van der Waals surface area contributed by atoms with Crippen LogP contribution >= 0.6 is 0 Å². The second-order valence-corrected chi connectivity index (χ2v) is 7.93. The molecule has 2 heterocycles. The summed E-state index contributed by atoms with van der Waals surface area (Å²) in [6.45, 7) is 2.07. The summed E-state index contributed by atoms with van der Waals surface area (Å²) in [5, 5.41) is 6.09. The van der Waals surface area contributed by atoms with Crippen molar-refractivity contribution >= 4 is 11.7 Å². The molecule has 2 aliphatic rings. The first-order valence-electron chi connectivity index (χ1n) is 10.1. The molecule has 1 saturated heterocycles. The minimum Gasteiger partial charge on any atom is -0.488 e. The van der Waals surface area contributed by atoms with E-state index < -0.39 is 0 Å². The predicted octanol–water partition coefficient (Wildman–Crippen LogP) is 3.17. The van der Waals surface area contributed by atoms with Gasteiger partial charge in [0.2, 0.25) is 0 Å². The molecular formula is C21H29N5O2. The van der Waals surface area contributed by atoms with Crippen molar-refractivity contribution in [1.82, 2.24) is 19.8 Å². The highest BCUT2D eigenvalue weighted by atomic mass is 16.5. The van der Waals surface area contributed by atoms with Gasteiger partial charge in [-0.3, -0.25) is 0 Å². The van der Waals surface area contributed by atoms with Gasteiger partial charge in [-0.2, -0.15) is 0 Å². The van der Waals surface area contributed by atoms with Gasteiger partial charge >= 0.3 is 6.03 Å². The van der Waals surface area contributed by atoms with Gasteiger partial charge in [-0.05, 0) is 50.8 Å². The number of carbonyl (C=O) groups excluding carboxylic acids is 1. The van der Waals surface area contributed by atoms with E-state index in [1.54, 1.807) is 6.20 Å². The van der Waals surface area contributed by atoms with E-state index in [2.05, 4.69) is 27.6 Å². The molecule has 0 unspecified atom stereocenters. The molecule has 1 atom stereocenters. The summed E-state index contributed by atoms with van der Waals surface area (Å²) in [6, 6.07) is 7.37. The SMILES string of the molecule is CN1CCC(Oc2ccccc2NC(=O)N[C@@H](c2nccn2C)C2CC2)CC1. The summed E-state index contributed by atoms with van der Waals surface area (Å²) in [5.41, 5.74) is 0.702. The van der Waals surface area contributed by atoms with Gasteiger partial charge in [0.15, 0.2) is 0 Å². The number of amides is 2. The molecule has 4 rings (SSSR count). The van der Waals surface area contributed by atoms with E-state index in [0.717, 1.165) is 50.3 Å². The molecule has 150 valence electrons. The number of urea groups is 1. The Labute approximate surface area is 166 Å². The van der Waals surface area contributed by atoms with Gasteiger partial charge < -0.3 is 24.8 Å². The third kappa shape index (κ3) is 4.47. The number of aryl methyl sites for hydroxylation is 1. The van der Waals surface area contributed by atoms with Crippen molar-refractivity contribution in [3.05, 3.63) is 42.5 Å². The molecule has 2 N–H and O–H groups in total. The average Bonchev–Trinajstić information content (AvgIpc) is 3.44. The van der Waals surface area contributed by atoms with E-state index in [4.69, 9.17) is 4.74 Å². The first-order chi connectivity index (χ1) is 13.6. The second kappa shape index (κ2) is 8.22. The van der Waals surface area contributed by atoms with Crippen LogP contribution in [0, 0.1) is 5.92 Å². The van der Waals surface area contributed by atoms with Crippen molar-refractivity contribution in [2.75, 3.05) is 25.5 Å². The minimum absolute atomic E-state index is 0.0676. The standard InChI is InChI=1S/C21H29N5O2/c1-25-12-9-16(10-13-25)28-18-6-4-3-5-17(18)23-21(27)24-19(15-7-8-15)20-22-11-14-26(20)2/h3-6,11,14-16,19H,7-10,12-13H2,1-2H3,(H2,23,24,27)/t19-/m1/s1. The van der Waals surface area contributed by atoms with Crippen LogP contribution in [-0.2, 0) is 7.05 Å². The quantitative estimate of drug-likeness (QED) is 0.804. The monoisotopic (exact) mass is 383 g/mol. The molecule has 7 heteroatoms. The smallest absolute Gasteiger partial charge is 0.319 e. The molecule has 2 aromatic rings. The lowest BCUT2D eigenvalue weighted by atomic mass is 10.1. The van der Waals surface area contributed by atoms with Gasteiger partial charge in [0.1, 0.15) is 17.7 Å². The first kappa shape index (κ1) is 18.8. The fourth-order valence-corrected chi connectivity index (χ4v) is 3.75. The van der Waals surface area contributed by atoms with E-state index in [1.807, 2.05) is 42.1 Å². The Morgan fingerprint density at radius 1 is 1.18 bits per heavy atom. The molecular weight excluding hydrogens is 354 g/mol. The maximum Gasteiger partial charge on any atom is 0.319 e. The fourth-order valence-electron chi connectivity index (χ4n) is 3.75. The number of likely N-dealkylation sites (tertiary alicyclic amines) is 1. The second-order valence-electron chi connectivity index (χ2n) is 7.93. The number of carbonyl (C=O) groups is 1. The molecule has 2 amide bonds. The lowest BCUT2D eigenvalue weighted by Crippen LogP contribution is -2.36. The van der Waals surface area contributed by atoms with Crippen molar-refractivity contribution in [2.45, 2.75) is 37.8 Å². The highest BCUT2D eigenvalue weighted by Crippen LogP contribution is 2.40. The number of rotatable bonds is 6. The van der Waals surface area contributed by atoms with Crippen molar-refractivity contribution < 1.29 is 9.53 Å². The molecule has 2 fully saturated rings. The van der Waals surface area contributed by atoms with Gasteiger partial charge in [0.25, 0.3) is 0 Å². The van der Waals surface area contributed by atoms with Crippen LogP contribution in [0.15, 0.2) is 36.7 Å². The molecule has 1 aliphatic heterocycles. The molecule has 1 aliphatic carbocycles. The first-order valence-corrected chi connectivity index (χ1v) is 10.1. The summed E-state index contributed by atoms with van der Waals surface area (Å²) in [6.07, 6.45) is 8.11. The summed E-state index contributed by atoms with van der Waals surface area (Å²) in [5.74, 6) is 2.08. The number of benzene rings is 1. The molecule has 0 radical (unpaired) electrons. The van der Waals surface area contributed by atoms with Crippen LogP contribution in [0.25, 0.3) is 0 Å². The van der Waals surface area contributed by atoms with Crippen LogP contribution in [0.4, 0.5) is 10.5 Å². The van der Waals surface area contributed by atoms with Crippen LogP contribution in [0.5, 0.6) is 5.75 Å². The number of imidazole rings is 1. The molecule has 28 heavy (non-hydrogen) atoms. The number of nitrogens with zero attached hydrogens (tertiary/aromatic N) is 3. The Morgan fingerprint density at radius 3 is 2.61 bits per heavy atom. The number of aromatic nitrogens is 2. The zero-order chi connectivity index (χ0) is 19.5. The van der Waals surface area contributed by atoms with E-state index in [0.29, 0.717) is 11.6 Å². The molecule has 0 spiro atoms. The Bertz CT molecular complexity index is 809. The van der Waals surface area contributed by atoms with E-state index >= 15 is 0 Å². The zero-order valence-electron chi connectivity index (χ0n) is 16.6. The van der Waals surface area contributed by atoms with E-state index in [-0.39, 0.29) is 18.2 Å². The lowest BCUT2D eigenvalue weighted by molar-refractivity contribution is 0.115. The zero-order valence-corrected chi connectivity index (χ0v) is 16.6. The highest BCUT2D eigenvalue weighted by molar-refractivity contribution is 5.91. The Morgan fingerprint density at radius 2 is 1.93 bits per heavy atom. The summed E-state index contributed by atoms with van der Waals surface area (Å²) in [7, 11) is 4.09. The summed E-state index contributed by atoms with van der Waals surface area (Å²) >= 11 is 0. The van der Waals surface area contributed by atoms with Gasteiger partial charge in [-0.25, -0.2) is 9.78 Å². The molecule has 1 aromatic carbocycles. The predicted molar refractivity (Wildman–Crippen MR) is 108 cm³/mol. The van der Waals surface area contributed by atoms with Crippen LogP contribution < -0.4 is 15.4 Å². The van der Waals surface area contributed by atoms with Crippen molar-refractivity contribution in [3.8, 4) is 5.75 Å². The lowest BCUT2D eigenvalue weighted by Gasteiger charge is -2.30. The van der Waals surface area contributed by atoms with Crippen LogP contribution in [0.1, 0.15) is 37.5 Å². The average molecular weight is 383 g/mol. The third-order valence-corrected chi connectivity index (χ3v) is 5.61. The summed E-state index contributed by atoms with van der Waals surface area (Å²) < 4.78 is 8.18. The number of anilines is 1. The Kier molecular flexibility index (Phi) is 5.52. The molecule has 1 saturated carbocycles. The van der Waals surface area contributed by atoms with Crippen LogP contribution in [0.2, 0.25) is 0 Å². The number of para-hydroxylation sites is 2. The number of hydrogen-bond acceptors (Lipinski definition) is 4. The van der Waals surface area contributed by atoms with Gasteiger partial charge in [-0.1, -0.05) is 12.1 Å². The van der Waals surface area contributed by atoms with Crippen LogP contribution in [0.3, 0.4) is 0 Å². The Balaban J connectivity index is 1.41. The van der Waals surface area contributed by atoms with Gasteiger partial charge in [0, 0.05) is 32.5 Å². The number of piperidine rings is 1. The van der Waals surface area contributed by atoms with Crippen molar-refractivity contribution in [2.24, 2.45) is 13.0 Å². The topological polar surface area (TPSA) is 71.4 Å². The molecule has 1 aromatic heterocycles. The molecule has 0 bridgehead atoms. The maximum atomic E-state index is 12.7. The fraction of sp³-hybridized carbons (Fsp3) is 0.524. The third-order valence-electron chi connectivity index (χ3n) is 5.61.